The number of imide groups is 1. The fourth-order valence-electron chi connectivity index (χ4n) is 2.46. The molecule has 1 heterocycles. The lowest BCUT2D eigenvalue weighted by atomic mass is 10.1. The standard InChI is InChI=1S/C18H20BrNO5/c1-23-14-10-12(11-15(24-2)17(14)25-3)7-8-16(21)20-9-5-4-6-13(19)18(20)22/h6-8,10-11H,4-5,9H2,1-3H3/b8-7+. The molecule has 0 atom stereocenters. The molecule has 1 aliphatic rings. The molecule has 0 fully saturated rings. The molecule has 2 rings (SSSR count). The minimum Gasteiger partial charge on any atom is -0.493 e. The number of ether oxygens (including phenoxy) is 3. The molecule has 0 aromatic heterocycles. The van der Waals surface area contributed by atoms with Crippen LogP contribution in [0, 0.1) is 0 Å². The number of hydrogen-bond donors (Lipinski definition) is 0. The number of benzene rings is 1. The first-order valence-corrected chi connectivity index (χ1v) is 8.50. The number of nitrogens with zero attached hydrogens (tertiary/aromatic N) is 1. The van der Waals surface area contributed by atoms with Gasteiger partial charge in [-0.1, -0.05) is 6.08 Å². The number of rotatable bonds is 5. The smallest absolute Gasteiger partial charge is 0.267 e. The molecular weight excluding hydrogens is 390 g/mol. The minimum absolute atomic E-state index is 0.322. The van der Waals surface area contributed by atoms with Crippen molar-refractivity contribution in [2.24, 2.45) is 0 Å². The molecule has 7 heteroatoms. The van der Waals surface area contributed by atoms with Crippen LogP contribution in [0.1, 0.15) is 18.4 Å². The molecule has 0 radical (unpaired) electrons. The van der Waals surface area contributed by atoms with Crippen molar-refractivity contribution in [2.45, 2.75) is 12.8 Å². The van der Waals surface area contributed by atoms with Gasteiger partial charge in [-0.3, -0.25) is 14.5 Å². The van der Waals surface area contributed by atoms with Gasteiger partial charge >= 0.3 is 0 Å². The van der Waals surface area contributed by atoms with E-state index in [1.54, 1.807) is 24.3 Å². The second kappa shape index (κ2) is 8.71. The maximum Gasteiger partial charge on any atom is 0.267 e. The predicted octanol–water partition coefficient (Wildman–Crippen LogP) is 3.15. The van der Waals surface area contributed by atoms with Crippen LogP contribution in [0.2, 0.25) is 0 Å². The zero-order chi connectivity index (χ0) is 18.4. The van der Waals surface area contributed by atoms with Crippen molar-refractivity contribution in [1.82, 2.24) is 4.90 Å². The Morgan fingerprint density at radius 1 is 1.16 bits per heavy atom. The van der Waals surface area contributed by atoms with Crippen LogP contribution in [0.3, 0.4) is 0 Å². The average Bonchev–Trinajstić information content (AvgIpc) is 2.80. The highest BCUT2D eigenvalue weighted by atomic mass is 79.9. The molecule has 1 aromatic rings. The Balaban J connectivity index is 2.25. The Kier molecular flexibility index (Phi) is 6.64. The maximum absolute atomic E-state index is 12.4. The van der Waals surface area contributed by atoms with Gasteiger partial charge in [0.05, 0.1) is 25.8 Å². The highest BCUT2D eigenvalue weighted by Crippen LogP contribution is 2.38. The van der Waals surface area contributed by atoms with E-state index in [1.165, 1.54) is 32.3 Å². The molecule has 1 aromatic carbocycles. The van der Waals surface area contributed by atoms with Gasteiger partial charge < -0.3 is 14.2 Å². The van der Waals surface area contributed by atoms with E-state index in [-0.39, 0.29) is 11.8 Å². The summed E-state index contributed by atoms with van der Waals surface area (Å²) in [6.45, 7) is 0.392. The SMILES string of the molecule is COc1cc(/C=C/C(=O)N2CCCC=C(Br)C2=O)cc(OC)c1OC. The third kappa shape index (κ3) is 4.42. The van der Waals surface area contributed by atoms with E-state index in [0.717, 1.165) is 12.8 Å². The van der Waals surface area contributed by atoms with Gasteiger partial charge in [0.15, 0.2) is 11.5 Å². The summed E-state index contributed by atoms with van der Waals surface area (Å²) < 4.78 is 16.3. The maximum atomic E-state index is 12.4. The zero-order valence-corrected chi connectivity index (χ0v) is 16.0. The Morgan fingerprint density at radius 3 is 2.36 bits per heavy atom. The lowest BCUT2D eigenvalue weighted by Crippen LogP contribution is -2.35. The summed E-state index contributed by atoms with van der Waals surface area (Å²) in [5.74, 6) is 0.768. The Bertz CT molecular complexity index is 701. The van der Waals surface area contributed by atoms with Crippen molar-refractivity contribution in [3.63, 3.8) is 0 Å². The van der Waals surface area contributed by atoms with Crippen LogP contribution < -0.4 is 14.2 Å². The molecule has 0 N–H and O–H groups in total. The van der Waals surface area contributed by atoms with Crippen molar-refractivity contribution in [2.75, 3.05) is 27.9 Å². The van der Waals surface area contributed by atoms with Gasteiger partial charge in [0.1, 0.15) is 0 Å². The summed E-state index contributed by atoms with van der Waals surface area (Å²) in [5, 5.41) is 0. The second-order valence-corrected chi connectivity index (χ2v) is 6.14. The number of halogens is 1. The number of amides is 2. The molecule has 0 saturated heterocycles. The fourth-order valence-corrected chi connectivity index (χ4v) is 2.90. The van der Waals surface area contributed by atoms with Crippen molar-refractivity contribution >= 4 is 33.8 Å². The molecule has 0 bridgehead atoms. The van der Waals surface area contributed by atoms with Gasteiger partial charge in [-0.2, -0.15) is 0 Å². The fraction of sp³-hybridized carbons (Fsp3) is 0.333. The summed E-state index contributed by atoms with van der Waals surface area (Å²) in [7, 11) is 4.57. The minimum atomic E-state index is -0.369. The van der Waals surface area contributed by atoms with Crippen LogP contribution in [-0.4, -0.2) is 44.6 Å². The van der Waals surface area contributed by atoms with Crippen LogP contribution in [-0.2, 0) is 9.59 Å². The number of hydrogen-bond acceptors (Lipinski definition) is 5. The molecule has 0 unspecified atom stereocenters. The molecule has 0 saturated carbocycles. The van der Waals surface area contributed by atoms with Gasteiger partial charge in [-0.25, -0.2) is 0 Å². The summed E-state index contributed by atoms with van der Waals surface area (Å²) in [6, 6.07) is 3.45. The Morgan fingerprint density at radius 2 is 1.80 bits per heavy atom. The highest BCUT2D eigenvalue weighted by molar-refractivity contribution is 9.12. The summed E-state index contributed by atoms with van der Waals surface area (Å²) in [6.07, 6.45) is 6.27. The second-order valence-electron chi connectivity index (χ2n) is 5.28. The molecular formula is C18H20BrNO5. The molecule has 2 amide bonds. The first-order chi connectivity index (χ1) is 12.0. The van der Waals surface area contributed by atoms with Gasteiger partial charge in [-0.15, -0.1) is 0 Å². The average molecular weight is 410 g/mol. The van der Waals surface area contributed by atoms with E-state index in [2.05, 4.69) is 15.9 Å². The topological polar surface area (TPSA) is 65.1 Å². The summed E-state index contributed by atoms with van der Waals surface area (Å²) in [4.78, 5) is 25.8. The van der Waals surface area contributed by atoms with E-state index in [4.69, 9.17) is 14.2 Å². The van der Waals surface area contributed by atoms with Crippen molar-refractivity contribution in [3.8, 4) is 17.2 Å². The lowest BCUT2D eigenvalue weighted by molar-refractivity contribution is -0.138. The zero-order valence-electron chi connectivity index (χ0n) is 14.4. The van der Waals surface area contributed by atoms with E-state index < -0.39 is 0 Å². The summed E-state index contributed by atoms with van der Waals surface area (Å²) in [5.41, 5.74) is 0.694. The normalized spacial score (nSPS) is 15.0. The predicted molar refractivity (Wildman–Crippen MR) is 98.1 cm³/mol. The molecule has 1 aliphatic heterocycles. The van der Waals surface area contributed by atoms with Crippen molar-refractivity contribution in [3.05, 3.63) is 34.3 Å². The molecule has 134 valence electrons. The molecule has 6 nitrogen and oxygen atoms in total. The summed E-state index contributed by atoms with van der Waals surface area (Å²) >= 11 is 3.21. The number of carbonyl (C=O) groups is 2. The van der Waals surface area contributed by atoms with Crippen LogP contribution in [0.5, 0.6) is 17.2 Å². The third-order valence-corrected chi connectivity index (χ3v) is 4.39. The number of carbonyl (C=O) groups excluding carboxylic acids is 2. The van der Waals surface area contributed by atoms with E-state index in [0.29, 0.717) is 33.8 Å². The van der Waals surface area contributed by atoms with Crippen LogP contribution >= 0.6 is 15.9 Å². The highest BCUT2D eigenvalue weighted by Gasteiger charge is 2.23. The quantitative estimate of drug-likeness (QED) is 0.698. The van der Waals surface area contributed by atoms with E-state index in [1.807, 2.05) is 0 Å². The first kappa shape index (κ1) is 19.1. The van der Waals surface area contributed by atoms with Gasteiger partial charge in [0.2, 0.25) is 5.75 Å². The lowest BCUT2D eigenvalue weighted by Gasteiger charge is -2.16. The van der Waals surface area contributed by atoms with Crippen LogP contribution in [0.4, 0.5) is 0 Å². The van der Waals surface area contributed by atoms with Gasteiger partial charge in [0.25, 0.3) is 11.8 Å². The van der Waals surface area contributed by atoms with Gasteiger partial charge in [0, 0.05) is 12.6 Å². The molecule has 25 heavy (non-hydrogen) atoms. The number of allylic oxidation sites excluding steroid dienone is 1. The van der Waals surface area contributed by atoms with Crippen LogP contribution in [0.25, 0.3) is 6.08 Å². The third-order valence-electron chi connectivity index (χ3n) is 3.73. The van der Waals surface area contributed by atoms with E-state index in [9.17, 15) is 9.59 Å². The van der Waals surface area contributed by atoms with Gasteiger partial charge in [-0.05, 0) is 52.5 Å². The van der Waals surface area contributed by atoms with Crippen LogP contribution in [0.15, 0.2) is 28.8 Å². The Labute approximate surface area is 155 Å². The monoisotopic (exact) mass is 409 g/mol. The largest absolute Gasteiger partial charge is 0.493 e. The molecule has 0 spiro atoms. The molecule has 0 aliphatic carbocycles. The Hall–Kier alpha value is -2.28. The van der Waals surface area contributed by atoms with Crippen molar-refractivity contribution in [1.29, 1.82) is 0 Å². The van der Waals surface area contributed by atoms with Crippen molar-refractivity contribution < 1.29 is 23.8 Å². The first-order valence-electron chi connectivity index (χ1n) is 7.71. The number of methoxy groups -OCH3 is 3. The van der Waals surface area contributed by atoms with E-state index >= 15 is 0 Å².